The Hall–Kier alpha value is -2.15. The Labute approximate surface area is 142 Å². The van der Waals surface area contributed by atoms with Crippen molar-refractivity contribution in [1.82, 2.24) is 24.6 Å². The lowest BCUT2D eigenvalue weighted by Crippen LogP contribution is -2.48. The molecule has 2 aromatic heterocycles. The van der Waals surface area contributed by atoms with E-state index in [1.807, 2.05) is 17.9 Å². The van der Waals surface area contributed by atoms with Crippen molar-refractivity contribution in [1.29, 1.82) is 0 Å². The molecule has 0 N–H and O–H groups in total. The van der Waals surface area contributed by atoms with Gasteiger partial charge in [-0.2, -0.15) is 10.1 Å². The van der Waals surface area contributed by atoms with Crippen molar-refractivity contribution in [2.75, 3.05) is 31.6 Å². The van der Waals surface area contributed by atoms with E-state index in [9.17, 15) is 0 Å². The smallest absolute Gasteiger partial charge is 0.228 e. The highest BCUT2D eigenvalue weighted by atomic mass is 16.5. The minimum atomic E-state index is 0.559. The molecule has 2 fully saturated rings. The largest absolute Gasteiger partial charge is 0.481 e. The van der Waals surface area contributed by atoms with Gasteiger partial charge in [-0.05, 0) is 31.4 Å². The third-order valence-electron chi connectivity index (χ3n) is 5.37. The van der Waals surface area contributed by atoms with Gasteiger partial charge in [0, 0.05) is 51.2 Å². The second kappa shape index (κ2) is 6.39. The first-order valence-corrected chi connectivity index (χ1v) is 8.57. The van der Waals surface area contributed by atoms with Gasteiger partial charge in [0.25, 0.3) is 0 Å². The summed E-state index contributed by atoms with van der Waals surface area (Å²) < 4.78 is 7.21. The fourth-order valence-electron chi connectivity index (χ4n) is 3.97. The molecule has 2 saturated heterocycles. The molecule has 24 heavy (non-hydrogen) atoms. The van der Waals surface area contributed by atoms with Gasteiger partial charge in [0.1, 0.15) is 0 Å². The predicted octanol–water partition coefficient (Wildman–Crippen LogP) is 1.32. The van der Waals surface area contributed by atoms with Crippen molar-refractivity contribution in [3.63, 3.8) is 0 Å². The average molecular weight is 328 g/mol. The highest BCUT2D eigenvalue weighted by molar-refractivity contribution is 5.33. The number of hydrogen-bond acceptors (Lipinski definition) is 6. The quantitative estimate of drug-likeness (QED) is 0.844. The zero-order valence-corrected chi connectivity index (χ0v) is 14.3. The molecule has 2 aromatic rings. The Bertz CT molecular complexity index is 702. The monoisotopic (exact) mass is 328 g/mol. The highest BCUT2D eigenvalue weighted by Crippen LogP contribution is 2.33. The van der Waals surface area contributed by atoms with Gasteiger partial charge in [-0.1, -0.05) is 0 Å². The van der Waals surface area contributed by atoms with E-state index < -0.39 is 0 Å². The van der Waals surface area contributed by atoms with Gasteiger partial charge in [0.2, 0.25) is 11.8 Å². The second-order valence-electron chi connectivity index (χ2n) is 6.67. The Morgan fingerprint density at radius 2 is 2.08 bits per heavy atom. The van der Waals surface area contributed by atoms with Crippen LogP contribution in [0, 0.1) is 5.92 Å². The fraction of sp³-hybridized carbons (Fsp3) is 0.588. The van der Waals surface area contributed by atoms with Crippen LogP contribution in [-0.2, 0) is 13.6 Å². The van der Waals surface area contributed by atoms with Crippen LogP contribution in [0.25, 0.3) is 0 Å². The van der Waals surface area contributed by atoms with Crippen molar-refractivity contribution in [3.05, 3.63) is 30.2 Å². The van der Waals surface area contributed by atoms with Crippen LogP contribution in [0.15, 0.2) is 24.5 Å². The zero-order chi connectivity index (χ0) is 16.5. The van der Waals surface area contributed by atoms with Crippen LogP contribution < -0.4 is 9.64 Å². The lowest BCUT2D eigenvalue weighted by molar-refractivity contribution is 0.195. The number of rotatable bonds is 4. The summed E-state index contributed by atoms with van der Waals surface area (Å²) in [5.41, 5.74) is 1.27. The molecule has 0 spiro atoms. The molecule has 0 amide bonds. The minimum absolute atomic E-state index is 0.559. The summed E-state index contributed by atoms with van der Waals surface area (Å²) in [5.74, 6) is 2.18. The fourth-order valence-corrected chi connectivity index (χ4v) is 3.97. The van der Waals surface area contributed by atoms with E-state index in [0.717, 1.165) is 38.0 Å². The molecule has 7 heteroatoms. The highest BCUT2D eigenvalue weighted by Gasteiger charge is 2.39. The number of piperidine rings is 1. The number of aromatic nitrogens is 4. The van der Waals surface area contributed by atoms with E-state index in [0.29, 0.717) is 11.9 Å². The lowest BCUT2D eigenvalue weighted by Gasteiger charge is -2.38. The van der Waals surface area contributed by atoms with E-state index in [4.69, 9.17) is 4.74 Å². The van der Waals surface area contributed by atoms with Crippen LogP contribution in [0.4, 0.5) is 5.95 Å². The van der Waals surface area contributed by atoms with E-state index in [-0.39, 0.29) is 0 Å². The molecular formula is C17H24N6O. The number of aryl methyl sites for hydroxylation is 1. The van der Waals surface area contributed by atoms with Crippen molar-refractivity contribution >= 4 is 5.95 Å². The van der Waals surface area contributed by atoms with Crippen LogP contribution in [-0.4, -0.2) is 57.4 Å². The summed E-state index contributed by atoms with van der Waals surface area (Å²) in [5, 5.41) is 4.29. The molecular weight excluding hydrogens is 304 g/mol. The number of anilines is 1. The number of ether oxygens (including phenoxy) is 1. The van der Waals surface area contributed by atoms with E-state index in [1.165, 1.54) is 18.5 Å². The van der Waals surface area contributed by atoms with Gasteiger partial charge in [0.05, 0.1) is 12.8 Å². The topological polar surface area (TPSA) is 59.3 Å². The normalized spacial score (nSPS) is 24.2. The van der Waals surface area contributed by atoms with Crippen molar-refractivity contribution in [2.24, 2.45) is 13.0 Å². The molecule has 0 radical (unpaired) electrons. The molecule has 7 nitrogen and oxygen atoms in total. The molecule has 4 rings (SSSR count). The summed E-state index contributed by atoms with van der Waals surface area (Å²) in [4.78, 5) is 13.8. The summed E-state index contributed by atoms with van der Waals surface area (Å²) in [7, 11) is 3.66. The van der Waals surface area contributed by atoms with Crippen LogP contribution in [0.5, 0.6) is 5.88 Å². The summed E-state index contributed by atoms with van der Waals surface area (Å²) in [6.07, 6.45) is 6.14. The first-order valence-electron chi connectivity index (χ1n) is 8.57. The number of fused-ring (bicyclic) bond motifs is 1. The molecule has 2 aliphatic heterocycles. The summed E-state index contributed by atoms with van der Waals surface area (Å²) in [6.45, 7) is 4.13. The molecule has 0 bridgehead atoms. The van der Waals surface area contributed by atoms with Crippen molar-refractivity contribution in [3.8, 4) is 5.88 Å². The van der Waals surface area contributed by atoms with Crippen molar-refractivity contribution < 1.29 is 4.74 Å². The Morgan fingerprint density at radius 1 is 1.21 bits per heavy atom. The third-order valence-corrected chi connectivity index (χ3v) is 5.37. The van der Waals surface area contributed by atoms with Gasteiger partial charge in [-0.15, -0.1) is 0 Å². The zero-order valence-electron chi connectivity index (χ0n) is 14.3. The number of methoxy groups -OCH3 is 1. The Morgan fingerprint density at radius 3 is 2.88 bits per heavy atom. The van der Waals surface area contributed by atoms with Gasteiger partial charge in [-0.3, -0.25) is 9.58 Å². The molecule has 0 aliphatic carbocycles. The van der Waals surface area contributed by atoms with E-state index in [1.54, 1.807) is 19.4 Å². The molecule has 2 unspecified atom stereocenters. The standard InChI is InChI=1S/C17H24N6O/c1-21-14(3-8-19-21)11-22-9-5-13-6-10-23(12-15(13)22)17-18-7-4-16(20-17)24-2/h3-4,7-8,13,15H,5-6,9-12H2,1-2H3. The van der Waals surface area contributed by atoms with Gasteiger partial charge >= 0.3 is 0 Å². The predicted molar refractivity (Wildman–Crippen MR) is 90.9 cm³/mol. The van der Waals surface area contributed by atoms with Crippen molar-refractivity contribution in [2.45, 2.75) is 25.4 Å². The Kier molecular flexibility index (Phi) is 4.10. The summed E-state index contributed by atoms with van der Waals surface area (Å²) >= 11 is 0. The van der Waals surface area contributed by atoms with Crippen LogP contribution >= 0.6 is 0 Å². The molecule has 4 heterocycles. The third kappa shape index (κ3) is 2.84. The molecule has 0 aromatic carbocycles. The van der Waals surface area contributed by atoms with E-state index >= 15 is 0 Å². The maximum Gasteiger partial charge on any atom is 0.228 e. The number of hydrogen-bond donors (Lipinski definition) is 0. The SMILES string of the molecule is COc1ccnc(N2CCC3CCN(Cc4ccnn4C)C3C2)n1. The summed E-state index contributed by atoms with van der Waals surface area (Å²) in [6, 6.07) is 4.46. The maximum absolute atomic E-state index is 5.24. The number of likely N-dealkylation sites (tertiary alicyclic amines) is 1. The first kappa shape index (κ1) is 15.4. The molecule has 0 saturated carbocycles. The second-order valence-corrected chi connectivity index (χ2v) is 6.67. The van der Waals surface area contributed by atoms with Gasteiger partial charge in [0.15, 0.2) is 0 Å². The Balaban J connectivity index is 1.49. The van der Waals surface area contributed by atoms with Crippen LogP contribution in [0.3, 0.4) is 0 Å². The van der Waals surface area contributed by atoms with Gasteiger partial charge in [-0.25, -0.2) is 4.98 Å². The molecule has 2 aliphatic rings. The van der Waals surface area contributed by atoms with E-state index in [2.05, 4.69) is 30.9 Å². The first-order chi connectivity index (χ1) is 11.7. The maximum atomic E-state index is 5.24. The number of nitrogens with zero attached hydrogens (tertiary/aromatic N) is 6. The van der Waals surface area contributed by atoms with Crippen LogP contribution in [0.1, 0.15) is 18.5 Å². The molecule has 128 valence electrons. The van der Waals surface area contributed by atoms with Gasteiger partial charge < -0.3 is 9.64 Å². The minimum Gasteiger partial charge on any atom is -0.481 e. The lowest BCUT2D eigenvalue weighted by atomic mass is 9.92. The molecule has 2 atom stereocenters. The average Bonchev–Trinajstić information content (AvgIpc) is 3.21. The van der Waals surface area contributed by atoms with Crippen LogP contribution in [0.2, 0.25) is 0 Å².